The van der Waals surface area contributed by atoms with Gasteiger partial charge in [0.2, 0.25) is 0 Å². The van der Waals surface area contributed by atoms with Crippen LogP contribution in [0.15, 0.2) is 0 Å². The van der Waals surface area contributed by atoms with Gasteiger partial charge in [0.1, 0.15) is 0 Å². The topological polar surface area (TPSA) is 71.1 Å². The monoisotopic (exact) mass is 454 g/mol. The molecule has 2 aliphatic rings. The summed E-state index contributed by atoms with van der Waals surface area (Å²) in [6.07, 6.45) is 16.0. The fourth-order valence-corrected chi connectivity index (χ4v) is 4.52. The molecule has 2 heterocycles. The van der Waals surface area contributed by atoms with Crippen molar-refractivity contribution in [3.05, 3.63) is 0 Å². The third kappa shape index (κ3) is 12.8. The molecule has 186 valence electrons. The summed E-state index contributed by atoms with van der Waals surface area (Å²) in [5.41, 5.74) is 0. The second kappa shape index (κ2) is 16.5. The minimum absolute atomic E-state index is 0.0229. The largest absolute Gasteiger partial charge is 0.463 e. The first kappa shape index (κ1) is 27.1. The summed E-state index contributed by atoms with van der Waals surface area (Å²) in [4.78, 5) is 23.9. The Labute approximate surface area is 195 Å². The molecule has 0 aromatic rings. The number of hydrogen-bond donors (Lipinski definition) is 0. The Balaban J connectivity index is 1.35. The lowest BCUT2D eigenvalue weighted by atomic mass is 10.1. The molecular formula is C26H46O6. The van der Waals surface area contributed by atoms with Crippen LogP contribution in [0.4, 0.5) is 0 Å². The van der Waals surface area contributed by atoms with Crippen LogP contribution >= 0.6 is 0 Å². The Morgan fingerprint density at radius 3 is 1.50 bits per heavy atom. The predicted octanol–water partition coefficient (Wildman–Crippen LogP) is 5.89. The number of hydrogen-bond acceptors (Lipinski definition) is 6. The van der Waals surface area contributed by atoms with E-state index in [0.29, 0.717) is 25.0 Å². The maximum atomic E-state index is 12.0. The van der Waals surface area contributed by atoms with Crippen molar-refractivity contribution in [3.63, 3.8) is 0 Å². The van der Waals surface area contributed by atoms with Crippen LogP contribution < -0.4 is 0 Å². The van der Waals surface area contributed by atoms with Gasteiger partial charge < -0.3 is 18.9 Å². The van der Waals surface area contributed by atoms with E-state index in [9.17, 15) is 9.59 Å². The molecule has 2 fully saturated rings. The molecule has 2 rings (SSSR count). The van der Waals surface area contributed by atoms with Gasteiger partial charge in [-0.05, 0) is 78.1 Å². The minimum atomic E-state index is -0.0822. The van der Waals surface area contributed by atoms with Crippen LogP contribution in [0.25, 0.3) is 0 Å². The number of carbonyl (C=O) groups is 2. The zero-order valence-corrected chi connectivity index (χ0v) is 20.5. The Kier molecular flexibility index (Phi) is 14.0. The molecule has 0 saturated carbocycles. The van der Waals surface area contributed by atoms with Gasteiger partial charge in [0.25, 0.3) is 0 Å². The fourth-order valence-electron chi connectivity index (χ4n) is 4.52. The van der Waals surface area contributed by atoms with Crippen LogP contribution in [0.5, 0.6) is 0 Å². The molecular weight excluding hydrogens is 408 g/mol. The molecule has 2 aliphatic heterocycles. The van der Waals surface area contributed by atoms with Crippen LogP contribution in [0, 0.1) is 0 Å². The molecule has 2 saturated heterocycles. The summed E-state index contributed by atoms with van der Waals surface area (Å²) < 4.78 is 22.2. The first-order chi connectivity index (χ1) is 15.5. The average molecular weight is 455 g/mol. The van der Waals surface area contributed by atoms with E-state index in [1.165, 1.54) is 0 Å². The van der Waals surface area contributed by atoms with E-state index in [0.717, 1.165) is 103 Å². The van der Waals surface area contributed by atoms with Crippen LogP contribution in [-0.4, -0.2) is 49.6 Å². The van der Waals surface area contributed by atoms with Crippen LogP contribution in [0.2, 0.25) is 0 Å². The second-order valence-electron chi connectivity index (χ2n) is 9.65. The summed E-state index contributed by atoms with van der Waals surface area (Å²) in [5.74, 6) is -0.164. The van der Waals surface area contributed by atoms with Gasteiger partial charge in [0, 0.05) is 26.1 Å². The van der Waals surface area contributed by atoms with E-state index in [-0.39, 0.29) is 24.1 Å². The van der Waals surface area contributed by atoms with Crippen molar-refractivity contribution in [3.8, 4) is 0 Å². The quantitative estimate of drug-likeness (QED) is 0.202. The van der Waals surface area contributed by atoms with E-state index < -0.39 is 0 Å². The Morgan fingerprint density at radius 1 is 0.719 bits per heavy atom. The van der Waals surface area contributed by atoms with Gasteiger partial charge >= 0.3 is 11.9 Å². The van der Waals surface area contributed by atoms with E-state index in [2.05, 4.69) is 0 Å². The highest BCUT2D eigenvalue weighted by Gasteiger charge is 2.19. The highest BCUT2D eigenvalue weighted by molar-refractivity contribution is 5.69. The average Bonchev–Trinajstić information content (AvgIpc) is 3.47. The maximum Gasteiger partial charge on any atom is 0.306 e. The molecule has 6 nitrogen and oxygen atoms in total. The van der Waals surface area contributed by atoms with Crippen molar-refractivity contribution < 1.29 is 28.5 Å². The molecule has 0 amide bonds. The number of unbranched alkanes of at least 4 members (excludes halogenated alkanes) is 5. The Hall–Kier alpha value is -1.14. The summed E-state index contributed by atoms with van der Waals surface area (Å²) in [7, 11) is 0. The van der Waals surface area contributed by atoms with E-state index in [1.54, 1.807) is 0 Å². The molecule has 0 aliphatic carbocycles. The van der Waals surface area contributed by atoms with E-state index in [1.807, 2.05) is 13.8 Å². The third-order valence-electron chi connectivity index (χ3n) is 6.52. The summed E-state index contributed by atoms with van der Waals surface area (Å²) >= 11 is 0. The SMILES string of the molecule is C[C@H](CC[C@@H]1CCCO1)OC(=O)CCCCCCCCC(=O)O[C@@H](C)CC[C@@H]1CCCO1. The lowest BCUT2D eigenvalue weighted by Gasteiger charge is -2.15. The minimum Gasteiger partial charge on any atom is -0.463 e. The molecule has 0 aromatic heterocycles. The van der Waals surface area contributed by atoms with Gasteiger partial charge in [-0.15, -0.1) is 0 Å². The Morgan fingerprint density at radius 2 is 1.12 bits per heavy atom. The molecule has 4 atom stereocenters. The van der Waals surface area contributed by atoms with Gasteiger partial charge in [-0.25, -0.2) is 0 Å². The lowest BCUT2D eigenvalue weighted by molar-refractivity contribution is -0.150. The predicted molar refractivity (Wildman–Crippen MR) is 124 cm³/mol. The summed E-state index contributed by atoms with van der Waals surface area (Å²) in [5, 5.41) is 0. The van der Waals surface area contributed by atoms with E-state index >= 15 is 0 Å². The van der Waals surface area contributed by atoms with Gasteiger partial charge in [-0.3, -0.25) is 9.59 Å². The van der Waals surface area contributed by atoms with Crippen molar-refractivity contribution in [1.82, 2.24) is 0 Å². The fraction of sp³-hybridized carbons (Fsp3) is 0.923. The standard InChI is InChI=1S/C26H46O6/c1-21(15-17-23-11-9-19-29-23)31-25(27)13-7-5-3-4-6-8-14-26(28)32-22(2)16-18-24-12-10-20-30-24/h21-24H,3-20H2,1-2H3/t21-,22+,23-,24-/m0/s1. The molecule has 0 radical (unpaired) electrons. The van der Waals surface area contributed by atoms with Gasteiger partial charge in [0.15, 0.2) is 0 Å². The zero-order chi connectivity index (χ0) is 23.0. The van der Waals surface area contributed by atoms with Crippen molar-refractivity contribution >= 4 is 11.9 Å². The van der Waals surface area contributed by atoms with Gasteiger partial charge in [0.05, 0.1) is 24.4 Å². The molecule has 32 heavy (non-hydrogen) atoms. The van der Waals surface area contributed by atoms with Crippen molar-refractivity contribution in [2.75, 3.05) is 13.2 Å². The van der Waals surface area contributed by atoms with Crippen LogP contribution in [0.3, 0.4) is 0 Å². The number of ether oxygens (including phenoxy) is 4. The molecule has 6 heteroatoms. The molecule has 0 bridgehead atoms. The molecule has 0 aromatic carbocycles. The Bertz CT molecular complexity index is 464. The zero-order valence-electron chi connectivity index (χ0n) is 20.5. The second-order valence-corrected chi connectivity index (χ2v) is 9.65. The first-order valence-electron chi connectivity index (χ1n) is 13.1. The third-order valence-corrected chi connectivity index (χ3v) is 6.52. The number of rotatable bonds is 17. The van der Waals surface area contributed by atoms with Gasteiger partial charge in [-0.2, -0.15) is 0 Å². The van der Waals surface area contributed by atoms with Crippen LogP contribution in [0.1, 0.15) is 117 Å². The molecule has 0 N–H and O–H groups in total. The first-order valence-corrected chi connectivity index (χ1v) is 13.1. The maximum absolute atomic E-state index is 12.0. The van der Waals surface area contributed by atoms with Gasteiger partial charge in [-0.1, -0.05) is 25.7 Å². The number of carbonyl (C=O) groups excluding carboxylic acids is 2. The highest BCUT2D eigenvalue weighted by atomic mass is 16.5. The summed E-state index contributed by atoms with van der Waals surface area (Å²) in [6, 6.07) is 0. The summed E-state index contributed by atoms with van der Waals surface area (Å²) in [6.45, 7) is 5.70. The normalized spacial score (nSPS) is 22.6. The molecule has 0 unspecified atom stereocenters. The smallest absolute Gasteiger partial charge is 0.306 e. The molecule has 0 spiro atoms. The van der Waals surface area contributed by atoms with Crippen molar-refractivity contribution in [1.29, 1.82) is 0 Å². The van der Waals surface area contributed by atoms with Crippen LogP contribution in [-0.2, 0) is 28.5 Å². The van der Waals surface area contributed by atoms with Crippen molar-refractivity contribution in [2.24, 2.45) is 0 Å². The van der Waals surface area contributed by atoms with E-state index in [4.69, 9.17) is 18.9 Å². The number of esters is 2. The van der Waals surface area contributed by atoms with Crippen molar-refractivity contribution in [2.45, 2.75) is 141 Å². The highest BCUT2D eigenvalue weighted by Crippen LogP contribution is 2.20. The lowest BCUT2D eigenvalue weighted by Crippen LogP contribution is -2.17.